The Morgan fingerprint density at radius 1 is 1.27 bits per heavy atom. The number of nitrogens with zero attached hydrogens (tertiary/aromatic N) is 3. The third-order valence-corrected chi connectivity index (χ3v) is 8.39. The number of anilines is 3. The van der Waals surface area contributed by atoms with Gasteiger partial charge in [0.2, 0.25) is 0 Å². The standard InChI is InChI=1S/C18H25N5O4S3/c1-6-12(14-7-11(8-27-14)10(2)3)19-16-17(22-29-21-16)20-13-9-28-18(15(13)24)30(25,26)23(4)5/h7-10,12,24H,6H2,1-5H3,(H,19,21)(H,20,22)/t12-/m1/s1. The van der Waals surface area contributed by atoms with E-state index in [0.29, 0.717) is 17.6 Å². The molecule has 0 bridgehead atoms. The van der Waals surface area contributed by atoms with Crippen LogP contribution in [0.15, 0.2) is 26.3 Å². The zero-order valence-electron chi connectivity index (χ0n) is 17.3. The Labute approximate surface area is 184 Å². The molecular weight excluding hydrogens is 446 g/mol. The Bertz CT molecular complexity index is 1100. The van der Waals surface area contributed by atoms with Crippen LogP contribution in [0.2, 0.25) is 0 Å². The molecule has 0 aromatic carbocycles. The Kier molecular flexibility index (Phi) is 6.70. The van der Waals surface area contributed by atoms with Crippen molar-refractivity contribution in [1.29, 1.82) is 0 Å². The molecule has 0 saturated carbocycles. The fourth-order valence-electron chi connectivity index (χ4n) is 2.66. The van der Waals surface area contributed by atoms with Crippen LogP contribution in [-0.2, 0) is 10.0 Å². The second-order valence-electron chi connectivity index (χ2n) is 7.20. The lowest BCUT2D eigenvalue weighted by Crippen LogP contribution is -2.21. The van der Waals surface area contributed by atoms with Crippen LogP contribution >= 0.6 is 23.1 Å². The van der Waals surface area contributed by atoms with Gasteiger partial charge in [0.05, 0.1) is 29.7 Å². The number of nitrogens with one attached hydrogen (secondary N) is 2. The number of aromatic hydroxyl groups is 1. The van der Waals surface area contributed by atoms with Gasteiger partial charge in [0.1, 0.15) is 5.76 Å². The van der Waals surface area contributed by atoms with Crippen molar-refractivity contribution in [1.82, 2.24) is 13.1 Å². The maximum absolute atomic E-state index is 12.3. The molecule has 3 heterocycles. The Morgan fingerprint density at radius 2 is 1.97 bits per heavy atom. The van der Waals surface area contributed by atoms with E-state index in [-0.39, 0.29) is 21.7 Å². The van der Waals surface area contributed by atoms with E-state index < -0.39 is 10.0 Å². The molecule has 30 heavy (non-hydrogen) atoms. The number of hydrogen-bond acceptors (Lipinski definition) is 10. The number of hydrogen-bond donors (Lipinski definition) is 3. The first kappa shape index (κ1) is 22.5. The first-order valence-corrected chi connectivity index (χ1v) is 12.4. The molecule has 0 aliphatic carbocycles. The predicted octanol–water partition coefficient (Wildman–Crippen LogP) is 4.58. The van der Waals surface area contributed by atoms with Crippen LogP contribution < -0.4 is 10.6 Å². The van der Waals surface area contributed by atoms with Crippen LogP contribution in [0.1, 0.15) is 50.5 Å². The second kappa shape index (κ2) is 8.92. The van der Waals surface area contributed by atoms with Gasteiger partial charge in [-0.3, -0.25) is 0 Å². The van der Waals surface area contributed by atoms with Gasteiger partial charge in [-0.25, -0.2) is 12.7 Å². The summed E-state index contributed by atoms with van der Waals surface area (Å²) in [7, 11) is -0.909. The molecule has 0 amide bonds. The lowest BCUT2D eigenvalue weighted by atomic mass is 10.1. The number of furan rings is 1. The van der Waals surface area contributed by atoms with Crippen molar-refractivity contribution in [2.45, 2.75) is 43.4 Å². The maximum atomic E-state index is 12.3. The van der Waals surface area contributed by atoms with E-state index in [1.165, 1.54) is 19.5 Å². The largest absolute Gasteiger partial charge is 0.504 e. The highest BCUT2D eigenvalue weighted by Crippen LogP contribution is 2.41. The van der Waals surface area contributed by atoms with E-state index in [1.807, 2.05) is 13.0 Å². The van der Waals surface area contributed by atoms with E-state index >= 15 is 0 Å². The molecule has 3 aromatic heterocycles. The van der Waals surface area contributed by atoms with Crippen molar-refractivity contribution < 1.29 is 17.9 Å². The molecule has 0 radical (unpaired) electrons. The quantitative estimate of drug-likeness (QED) is 0.415. The van der Waals surface area contributed by atoms with Gasteiger partial charge < -0.3 is 20.2 Å². The third kappa shape index (κ3) is 4.46. The van der Waals surface area contributed by atoms with Crippen LogP contribution in [0.5, 0.6) is 5.75 Å². The Hall–Kier alpha value is -2.15. The highest BCUT2D eigenvalue weighted by atomic mass is 32.2. The summed E-state index contributed by atoms with van der Waals surface area (Å²) in [5, 5.41) is 18.3. The molecule has 1 atom stereocenters. The monoisotopic (exact) mass is 471 g/mol. The highest BCUT2D eigenvalue weighted by Gasteiger charge is 2.27. The minimum Gasteiger partial charge on any atom is -0.504 e. The van der Waals surface area contributed by atoms with E-state index in [9.17, 15) is 13.5 Å². The fourth-order valence-corrected chi connectivity index (χ4v) is 5.51. The van der Waals surface area contributed by atoms with Gasteiger partial charge in [0, 0.05) is 19.5 Å². The molecule has 3 aromatic rings. The van der Waals surface area contributed by atoms with Gasteiger partial charge in [0.15, 0.2) is 21.6 Å². The molecule has 0 unspecified atom stereocenters. The zero-order valence-corrected chi connectivity index (χ0v) is 19.8. The van der Waals surface area contributed by atoms with Crippen LogP contribution in [0.25, 0.3) is 0 Å². The summed E-state index contributed by atoms with van der Waals surface area (Å²) in [4.78, 5) is 0. The lowest BCUT2D eigenvalue weighted by Gasteiger charge is -2.15. The first-order chi connectivity index (χ1) is 14.1. The lowest BCUT2D eigenvalue weighted by molar-refractivity contribution is 0.460. The Balaban J connectivity index is 1.81. The molecule has 0 aliphatic rings. The number of thiophene rings is 1. The van der Waals surface area contributed by atoms with Crippen molar-refractivity contribution in [3.05, 3.63) is 29.0 Å². The molecule has 0 saturated heterocycles. The van der Waals surface area contributed by atoms with E-state index in [4.69, 9.17) is 4.42 Å². The predicted molar refractivity (Wildman–Crippen MR) is 120 cm³/mol. The Morgan fingerprint density at radius 3 is 2.57 bits per heavy atom. The molecule has 12 heteroatoms. The minimum atomic E-state index is -3.74. The normalized spacial score (nSPS) is 13.2. The van der Waals surface area contributed by atoms with Crippen molar-refractivity contribution in [3.63, 3.8) is 0 Å². The summed E-state index contributed by atoms with van der Waals surface area (Å²) >= 11 is 1.94. The van der Waals surface area contributed by atoms with Crippen molar-refractivity contribution >= 4 is 50.4 Å². The van der Waals surface area contributed by atoms with Crippen molar-refractivity contribution in [2.24, 2.45) is 0 Å². The minimum absolute atomic E-state index is 0.109. The topological polar surface area (TPSA) is 121 Å². The summed E-state index contributed by atoms with van der Waals surface area (Å²) in [6, 6.07) is 1.92. The molecular formula is C18H25N5O4S3. The summed E-state index contributed by atoms with van der Waals surface area (Å²) in [5.41, 5.74) is 1.38. The van der Waals surface area contributed by atoms with Gasteiger partial charge in [-0.15, -0.1) is 11.3 Å². The zero-order chi connectivity index (χ0) is 22.1. The van der Waals surface area contributed by atoms with Gasteiger partial charge in [-0.05, 0) is 24.0 Å². The van der Waals surface area contributed by atoms with Crippen LogP contribution in [0.3, 0.4) is 0 Å². The number of rotatable bonds is 9. The molecule has 0 spiro atoms. The summed E-state index contributed by atoms with van der Waals surface area (Å²) in [5.74, 6) is 1.73. The summed E-state index contributed by atoms with van der Waals surface area (Å²) in [6.45, 7) is 6.24. The molecule has 164 valence electrons. The molecule has 0 aliphatic heterocycles. The highest BCUT2D eigenvalue weighted by molar-refractivity contribution is 7.91. The van der Waals surface area contributed by atoms with E-state index in [1.54, 1.807) is 6.26 Å². The summed E-state index contributed by atoms with van der Waals surface area (Å²) < 4.78 is 39.8. The van der Waals surface area contributed by atoms with Gasteiger partial charge in [0.25, 0.3) is 10.0 Å². The fraction of sp³-hybridized carbons (Fsp3) is 0.444. The molecule has 3 rings (SSSR count). The average molecular weight is 472 g/mol. The van der Waals surface area contributed by atoms with Gasteiger partial charge in [-0.2, -0.15) is 8.75 Å². The van der Waals surface area contributed by atoms with Crippen LogP contribution in [0, 0.1) is 0 Å². The molecule has 9 nitrogen and oxygen atoms in total. The van der Waals surface area contributed by atoms with Crippen LogP contribution in [0.4, 0.5) is 17.3 Å². The average Bonchev–Trinajstić information content (AvgIpc) is 3.41. The smallest absolute Gasteiger partial charge is 0.255 e. The molecule has 0 fully saturated rings. The van der Waals surface area contributed by atoms with Crippen molar-refractivity contribution in [2.75, 3.05) is 24.7 Å². The summed E-state index contributed by atoms with van der Waals surface area (Å²) in [6.07, 6.45) is 2.52. The van der Waals surface area contributed by atoms with E-state index in [0.717, 1.165) is 45.1 Å². The van der Waals surface area contributed by atoms with Gasteiger partial charge in [-0.1, -0.05) is 20.8 Å². The van der Waals surface area contributed by atoms with Crippen LogP contribution in [-0.4, -0.2) is 40.7 Å². The molecule has 3 N–H and O–H groups in total. The SMILES string of the molecule is CC[C@@H](Nc1nsnc1Nc1csc(S(=O)(=O)N(C)C)c1O)c1cc(C(C)C)co1. The van der Waals surface area contributed by atoms with E-state index in [2.05, 4.69) is 33.2 Å². The number of sulfonamides is 1. The maximum Gasteiger partial charge on any atom is 0.255 e. The third-order valence-electron chi connectivity index (χ3n) is 4.56. The van der Waals surface area contributed by atoms with Crippen molar-refractivity contribution in [3.8, 4) is 5.75 Å². The number of aromatic nitrogens is 2. The van der Waals surface area contributed by atoms with Gasteiger partial charge >= 0.3 is 0 Å². The second-order valence-corrected chi connectivity index (χ2v) is 11.0. The first-order valence-electron chi connectivity index (χ1n) is 9.32.